The van der Waals surface area contributed by atoms with Crippen molar-refractivity contribution in [2.45, 2.75) is 32.8 Å². The molecule has 6 heteroatoms. The third-order valence-electron chi connectivity index (χ3n) is 4.21. The Balaban J connectivity index is 1.80. The van der Waals surface area contributed by atoms with E-state index in [0.717, 1.165) is 18.4 Å². The minimum atomic E-state index is -3.28. The Bertz CT molecular complexity index is 560. The van der Waals surface area contributed by atoms with E-state index in [1.165, 1.54) is 4.31 Å². The summed E-state index contributed by atoms with van der Waals surface area (Å²) in [6.07, 6.45) is 1.07. The lowest BCUT2D eigenvalue weighted by Crippen LogP contribution is -2.42. The van der Waals surface area contributed by atoms with Crippen molar-refractivity contribution >= 4 is 10.0 Å². The largest absolute Gasteiger partial charge is 0.492 e. The van der Waals surface area contributed by atoms with Gasteiger partial charge in [0, 0.05) is 13.1 Å². The van der Waals surface area contributed by atoms with Crippen LogP contribution in [0.2, 0.25) is 0 Å². The van der Waals surface area contributed by atoms with E-state index in [1.54, 1.807) is 6.92 Å². The van der Waals surface area contributed by atoms with Gasteiger partial charge in [0.25, 0.3) is 0 Å². The summed E-state index contributed by atoms with van der Waals surface area (Å²) in [5.41, 5.74) is 1.14. The van der Waals surface area contributed by atoms with Crippen molar-refractivity contribution < 1.29 is 18.3 Å². The zero-order valence-electron chi connectivity index (χ0n) is 13.2. The number of hydrogen-bond acceptors (Lipinski definition) is 4. The average molecular weight is 327 g/mol. The van der Waals surface area contributed by atoms with Crippen LogP contribution in [0.5, 0.6) is 5.75 Å². The van der Waals surface area contributed by atoms with E-state index in [4.69, 9.17) is 4.74 Å². The molecular weight excluding hydrogens is 302 g/mol. The monoisotopic (exact) mass is 327 g/mol. The third kappa shape index (κ3) is 4.69. The molecule has 1 atom stereocenters. The Kier molecular flexibility index (Phi) is 5.83. The molecule has 1 aromatic rings. The number of piperidine rings is 1. The number of rotatable bonds is 6. The van der Waals surface area contributed by atoms with E-state index < -0.39 is 10.0 Å². The topological polar surface area (TPSA) is 66.8 Å². The zero-order chi connectivity index (χ0) is 16.2. The van der Waals surface area contributed by atoms with Crippen LogP contribution in [-0.2, 0) is 10.0 Å². The third-order valence-corrected chi connectivity index (χ3v) is 6.04. The molecule has 5 nitrogen and oxygen atoms in total. The lowest BCUT2D eigenvalue weighted by molar-refractivity contribution is 0.0911. The molecule has 0 amide bonds. The van der Waals surface area contributed by atoms with Crippen LogP contribution < -0.4 is 4.74 Å². The van der Waals surface area contributed by atoms with E-state index in [9.17, 15) is 13.5 Å². The molecule has 0 aliphatic carbocycles. The minimum Gasteiger partial charge on any atom is -0.492 e. The second-order valence-electron chi connectivity index (χ2n) is 5.95. The summed E-state index contributed by atoms with van der Waals surface area (Å²) in [6.45, 7) is 4.89. The van der Waals surface area contributed by atoms with E-state index in [-0.39, 0.29) is 24.4 Å². The van der Waals surface area contributed by atoms with Crippen LogP contribution in [0.1, 0.15) is 25.3 Å². The maximum atomic E-state index is 12.3. The first kappa shape index (κ1) is 17.2. The molecule has 1 aromatic carbocycles. The smallest absolute Gasteiger partial charge is 0.217 e. The van der Waals surface area contributed by atoms with Gasteiger partial charge in [0.15, 0.2) is 0 Å². The van der Waals surface area contributed by atoms with Crippen molar-refractivity contribution in [2.75, 3.05) is 25.4 Å². The zero-order valence-corrected chi connectivity index (χ0v) is 14.1. The molecule has 0 radical (unpaired) electrons. The summed E-state index contributed by atoms with van der Waals surface area (Å²) in [4.78, 5) is 0. The SMILES string of the molecule is Cc1ccc(OCCS(=O)(=O)N2CCC([C@@H](C)O)CC2)cc1. The van der Waals surface area contributed by atoms with Gasteiger partial charge in [-0.25, -0.2) is 12.7 Å². The van der Waals surface area contributed by atoms with Crippen molar-refractivity contribution in [3.05, 3.63) is 29.8 Å². The fourth-order valence-corrected chi connectivity index (χ4v) is 3.98. The van der Waals surface area contributed by atoms with Crippen LogP contribution in [0.4, 0.5) is 0 Å². The molecule has 0 bridgehead atoms. The highest BCUT2D eigenvalue weighted by atomic mass is 32.2. The molecule has 22 heavy (non-hydrogen) atoms. The van der Waals surface area contributed by atoms with E-state index >= 15 is 0 Å². The molecule has 0 unspecified atom stereocenters. The first-order valence-corrected chi connectivity index (χ1v) is 9.35. The van der Waals surface area contributed by atoms with Gasteiger partial charge in [-0.05, 0) is 44.7 Å². The van der Waals surface area contributed by atoms with Gasteiger partial charge >= 0.3 is 0 Å². The van der Waals surface area contributed by atoms with Crippen molar-refractivity contribution in [1.82, 2.24) is 4.31 Å². The van der Waals surface area contributed by atoms with Gasteiger partial charge in [-0.15, -0.1) is 0 Å². The lowest BCUT2D eigenvalue weighted by atomic mass is 9.93. The van der Waals surface area contributed by atoms with E-state index in [2.05, 4.69) is 0 Å². The number of sulfonamides is 1. The number of aliphatic hydroxyl groups excluding tert-OH is 1. The average Bonchev–Trinajstić information content (AvgIpc) is 2.49. The molecule has 0 saturated carbocycles. The van der Waals surface area contributed by atoms with Crippen molar-refractivity contribution in [1.29, 1.82) is 0 Å². The van der Waals surface area contributed by atoms with Gasteiger partial charge in [0.05, 0.1) is 11.9 Å². The molecule has 1 saturated heterocycles. The van der Waals surface area contributed by atoms with Gasteiger partial charge < -0.3 is 9.84 Å². The Labute approximate surface area is 133 Å². The highest BCUT2D eigenvalue weighted by molar-refractivity contribution is 7.89. The predicted octanol–water partition coefficient (Wildman–Crippen LogP) is 1.80. The van der Waals surface area contributed by atoms with E-state index in [1.807, 2.05) is 31.2 Å². The predicted molar refractivity (Wildman–Crippen MR) is 86.4 cm³/mol. The van der Waals surface area contributed by atoms with Crippen molar-refractivity contribution in [3.8, 4) is 5.75 Å². The summed E-state index contributed by atoms with van der Waals surface area (Å²) < 4.78 is 31.6. The molecule has 1 fully saturated rings. The maximum Gasteiger partial charge on any atom is 0.217 e. The Hall–Kier alpha value is -1.11. The quantitative estimate of drug-likeness (QED) is 0.865. The number of nitrogens with zero attached hydrogens (tertiary/aromatic N) is 1. The molecule has 1 aliphatic heterocycles. The Morgan fingerprint density at radius 2 is 1.86 bits per heavy atom. The molecule has 2 rings (SSSR count). The molecule has 0 aromatic heterocycles. The Morgan fingerprint density at radius 1 is 1.27 bits per heavy atom. The Morgan fingerprint density at radius 3 is 2.41 bits per heavy atom. The van der Waals surface area contributed by atoms with Crippen LogP contribution in [0.15, 0.2) is 24.3 Å². The number of aliphatic hydroxyl groups is 1. The second kappa shape index (κ2) is 7.44. The number of benzene rings is 1. The maximum absolute atomic E-state index is 12.3. The number of aryl methyl sites for hydroxylation is 1. The molecule has 124 valence electrons. The fraction of sp³-hybridized carbons (Fsp3) is 0.625. The highest BCUT2D eigenvalue weighted by Gasteiger charge is 2.29. The van der Waals surface area contributed by atoms with Crippen molar-refractivity contribution in [2.24, 2.45) is 5.92 Å². The number of ether oxygens (including phenoxy) is 1. The summed E-state index contributed by atoms with van der Waals surface area (Å²) in [6, 6.07) is 7.56. The van der Waals surface area contributed by atoms with Gasteiger partial charge in [0.1, 0.15) is 12.4 Å². The highest BCUT2D eigenvalue weighted by Crippen LogP contribution is 2.22. The molecule has 1 N–H and O–H groups in total. The summed E-state index contributed by atoms with van der Waals surface area (Å²) in [5.74, 6) is 0.879. The minimum absolute atomic E-state index is 0.0137. The van der Waals surface area contributed by atoms with Crippen LogP contribution in [0, 0.1) is 12.8 Å². The van der Waals surface area contributed by atoms with Gasteiger partial charge in [-0.2, -0.15) is 0 Å². The van der Waals surface area contributed by atoms with Gasteiger partial charge in [-0.1, -0.05) is 17.7 Å². The number of hydrogen-bond donors (Lipinski definition) is 1. The normalized spacial score (nSPS) is 19.0. The molecular formula is C16H25NO4S. The van der Waals surface area contributed by atoms with Crippen LogP contribution in [-0.4, -0.2) is 49.4 Å². The molecule has 1 heterocycles. The van der Waals surface area contributed by atoms with Gasteiger partial charge in [0.2, 0.25) is 10.0 Å². The van der Waals surface area contributed by atoms with E-state index in [0.29, 0.717) is 18.8 Å². The van der Waals surface area contributed by atoms with Gasteiger partial charge in [-0.3, -0.25) is 0 Å². The molecule has 1 aliphatic rings. The summed E-state index contributed by atoms with van der Waals surface area (Å²) >= 11 is 0. The van der Waals surface area contributed by atoms with Crippen molar-refractivity contribution in [3.63, 3.8) is 0 Å². The summed E-state index contributed by atoms with van der Waals surface area (Å²) in [7, 11) is -3.28. The molecule has 0 spiro atoms. The first-order chi connectivity index (χ1) is 10.4. The van der Waals surface area contributed by atoms with Crippen LogP contribution in [0.25, 0.3) is 0 Å². The van der Waals surface area contributed by atoms with Crippen LogP contribution >= 0.6 is 0 Å². The first-order valence-electron chi connectivity index (χ1n) is 7.74. The van der Waals surface area contributed by atoms with Crippen LogP contribution in [0.3, 0.4) is 0 Å². The lowest BCUT2D eigenvalue weighted by Gasteiger charge is -2.32. The summed E-state index contributed by atoms with van der Waals surface area (Å²) in [5, 5.41) is 9.57. The fourth-order valence-electron chi connectivity index (χ4n) is 2.66. The standard InChI is InChI=1S/C16H25NO4S/c1-13-3-5-16(6-4-13)21-11-12-22(19,20)17-9-7-15(8-10-17)14(2)18/h3-6,14-15,18H,7-12H2,1-2H3/t14-/m1/s1. The second-order valence-corrected chi connectivity index (χ2v) is 8.04.